The van der Waals surface area contributed by atoms with Crippen LogP contribution in [0.2, 0.25) is 0 Å². The molecule has 16 heavy (non-hydrogen) atoms. The fourth-order valence-electron chi connectivity index (χ4n) is 3.59. The highest BCUT2D eigenvalue weighted by atomic mass is 16.3. The van der Waals surface area contributed by atoms with Crippen LogP contribution in [0.1, 0.15) is 42.9 Å². The largest absolute Gasteiger partial charge is 0.388 e. The minimum absolute atomic E-state index is 0.215. The topological polar surface area (TPSA) is 20.2 Å². The van der Waals surface area contributed by atoms with E-state index >= 15 is 0 Å². The van der Waals surface area contributed by atoms with Gasteiger partial charge in [-0.25, -0.2) is 0 Å². The van der Waals surface area contributed by atoms with Gasteiger partial charge in [-0.05, 0) is 43.1 Å². The first-order valence-corrected chi connectivity index (χ1v) is 6.52. The van der Waals surface area contributed by atoms with Gasteiger partial charge in [0, 0.05) is 0 Å². The number of hydrogen-bond donors (Lipinski definition) is 1. The molecular formula is C15H20O. The molecule has 0 heterocycles. The van der Waals surface area contributed by atoms with Crippen molar-refractivity contribution in [2.24, 2.45) is 17.8 Å². The molecule has 0 radical (unpaired) electrons. The first-order chi connectivity index (χ1) is 7.77. The fourth-order valence-corrected chi connectivity index (χ4v) is 3.59. The Hall–Kier alpha value is -0.820. The van der Waals surface area contributed by atoms with Gasteiger partial charge in [-0.3, -0.25) is 0 Å². The Bertz CT molecular complexity index is 373. The van der Waals surface area contributed by atoms with Crippen LogP contribution in [0.15, 0.2) is 24.3 Å². The molecule has 1 N–H and O–H groups in total. The third kappa shape index (κ3) is 1.67. The van der Waals surface area contributed by atoms with Crippen molar-refractivity contribution in [2.75, 3.05) is 0 Å². The van der Waals surface area contributed by atoms with Crippen molar-refractivity contribution < 1.29 is 5.11 Å². The minimum Gasteiger partial charge on any atom is -0.388 e. The molecule has 1 heteroatoms. The molecule has 0 amide bonds. The standard InChI is InChI=1S/C15H20O/c1-10-5-4-6-11(9-10)15(16)14-12-7-2-3-8-13(12)14/h4-6,9,12-16H,2-3,7-8H2,1H3. The summed E-state index contributed by atoms with van der Waals surface area (Å²) in [5, 5.41) is 10.4. The summed E-state index contributed by atoms with van der Waals surface area (Å²) in [6.45, 7) is 2.09. The van der Waals surface area contributed by atoms with E-state index in [9.17, 15) is 5.11 Å². The molecule has 0 aliphatic heterocycles. The number of hydrogen-bond acceptors (Lipinski definition) is 1. The van der Waals surface area contributed by atoms with Crippen molar-refractivity contribution in [3.8, 4) is 0 Å². The third-order valence-electron chi connectivity index (χ3n) is 4.47. The zero-order valence-corrected chi connectivity index (χ0v) is 9.89. The van der Waals surface area contributed by atoms with Crippen LogP contribution >= 0.6 is 0 Å². The first-order valence-electron chi connectivity index (χ1n) is 6.52. The van der Waals surface area contributed by atoms with E-state index in [0.29, 0.717) is 5.92 Å². The summed E-state index contributed by atoms with van der Waals surface area (Å²) in [6, 6.07) is 8.35. The van der Waals surface area contributed by atoms with Crippen molar-refractivity contribution in [3.05, 3.63) is 35.4 Å². The molecule has 3 rings (SSSR count). The fraction of sp³-hybridized carbons (Fsp3) is 0.600. The van der Waals surface area contributed by atoms with Gasteiger partial charge in [0.25, 0.3) is 0 Å². The molecule has 2 aliphatic carbocycles. The average Bonchev–Trinajstić information content (AvgIpc) is 3.02. The summed E-state index contributed by atoms with van der Waals surface area (Å²) < 4.78 is 0. The van der Waals surface area contributed by atoms with E-state index in [4.69, 9.17) is 0 Å². The van der Waals surface area contributed by atoms with Crippen molar-refractivity contribution in [1.29, 1.82) is 0 Å². The number of benzene rings is 1. The van der Waals surface area contributed by atoms with Crippen molar-refractivity contribution in [1.82, 2.24) is 0 Å². The second-order valence-electron chi connectivity index (χ2n) is 5.55. The molecule has 3 unspecified atom stereocenters. The molecule has 1 aromatic carbocycles. The predicted octanol–water partition coefficient (Wildman–Crippen LogP) is 3.46. The minimum atomic E-state index is -0.215. The molecule has 0 spiro atoms. The SMILES string of the molecule is Cc1cccc(C(O)C2C3CCCCC32)c1. The van der Waals surface area contributed by atoms with Crippen LogP contribution < -0.4 is 0 Å². The Balaban J connectivity index is 1.76. The normalized spacial score (nSPS) is 34.2. The van der Waals surface area contributed by atoms with Crippen LogP contribution in [0.5, 0.6) is 0 Å². The maximum Gasteiger partial charge on any atom is 0.0823 e. The second kappa shape index (κ2) is 3.89. The van der Waals surface area contributed by atoms with Gasteiger partial charge in [0.2, 0.25) is 0 Å². The van der Waals surface area contributed by atoms with E-state index in [1.807, 2.05) is 0 Å². The van der Waals surface area contributed by atoms with Gasteiger partial charge in [-0.1, -0.05) is 42.7 Å². The summed E-state index contributed by atoms with van der Waals surface area (Å²) in [5.41, 5.74) is 2.37. The molecular weight excluding hydrogens is 196 g/mol. The zero-order chi connectivity index (χ0) is 11.1. The number of aliphatic hydroxyl groups excluding tert-OH is 1. The van der Waals surface area contributed by atoms with Crippen molar-refractivity contribution in [2.45, 2.75) is 38.7 Å². The summed E-state index contributed by atoms with van der Waals surface area (Å²) in [6.07, 6.45) is 5.22. The Morgan fingerprint density at radius 3 is 2.50 bits per heavy atom. The van der Waals surface area contributed by atoms with Crippen molar-refractivity contribution in [3.63, 3.8) is 0 Å². The monoisotopic (exact) mass is 216 g/mol. The van der Waals surface area contributed by atoms with Crippen LogP contribution in [0.25, 0.3) is 0 Å². The molecule has 0 bridgehead atoms. The van der Waals surface area contributed by atoms with Gasteiger partial charge in [0.1, 0.15) is 0 Å². The molecule has 0 aromatic heterocycles. The predicted molar refractivity (Wildman–Crippen MR) is 65.1 cm³/mol. The van der Waals surface area contributed by atoms with Crippen LogP contribution in [0.3, 0.4) is 0 Å². The van der Waals surface area contributed by atoms with Gasteiger partial charge >= 0.3 is 0 Å². The maximum absolute atomic E-state index is 10.4. The molecule has 1 nitrogen and oxygen atoms in total. The highest BCUT2D eigenvalue weighted by Gasteiger charge is 2.54. The molecule has 2 saturated carbocycles. The van der Waals surface area contributed by atoms with E-state index in [1.165, 1.54) is 31.2 Å². The van der Waals surface area contributed by atoms with Crippen LogP contribution in [-0.2, 0) is 0 Å². The smallest absolute Gasteiger partial charge is 0.0823 e. The second-order valence-corrected chi connectivity index (χ2v) is 5.55. The molecule has 0 saturated heterocycles. The molecule has 86 valence electrons. The Morgan fingerprint density at radius 2 is 1.88 bits per heavy atom. The number of rotatable bonds is 2. The Kier molecular flexibility index (Phi) is 2.51. The Morgan fingerprint density at radius 1 is 1.19 bits per heavy atom. The zero-order valence-electron chi connectivity index (χ0n) is 9.89. The summed E-state index contributed by atoms with van der Waals surface area (Å²) in [7, 11) is 0. The van der Waals surface area contributed by atoms with Crippen LogP contribution in [-0.4, -0.2) is 5.11 Å². The van der Waals surface area contributed by atoms with Gasteiger partial charge in [0.05, 0.1) is 6.10 Å². The number of aryl methyl sites for hydroxylation is 1. The average molecular weight is 216 g/mol. The number of aliphatic hydroxyl groups is 1. The van der Waals surface area contributed by atoms with E-state index in [2.05, 4.69) is 31.2 Å². The quantitative estimate of drug-likeness (QED) is 0.802. The Labute approximate surface area is 97.5 Å². The summed E-state index contributed by atoms with van der Waals surface area (Å²) >= 11 is 0. The van der Waals surface area contributed by atoms with Gasteiger partial charge in [-0.15, -0.1) is 0 Å². The van der Waals surface area contributed by atoms with E-state index in [-0.39, 0.29) is 6.10 Å². The molecule has 2 fully saturated rings. The highest BCUT2D eigenvalue weighted by Crippen LogP contribution is 2.60. The van der Waals surface area contributed by atoms with Crippen LogP contribution in [0.4, 0.5) is 0 Å². The lowest BCUT2D eigenvalue weighted by Gasteiger charge is -2.11. The lowest BCUT2D eigenvalue weighted by molar-refractivity contribution is 0.142. The lowest BCUT2D eigenvalue weighted by Crippen LogP contribution is -2.02. The molecule has 2 aliphatic rings. The van der Waals surface area contributed by atoms with Gasteiger partial charge < -0.3 is 5.11 Å². The first kappa shape index (κ1) is 10.3. The van der Waals surface area contributed by atoms with Crippen LogP contribution in [0, 0.1) is 24.7 Å². The number of fused-ring (bicyclic) bond motifs is 1. The third-order valence-corrected chi connectivity index (χ3v) is 4.47. The molecule has 1 aromatic rings. The maximum atomic E-state index is 10.4. The summed E-state index contributed by atoms with van der Waals surface area (Å²) in [4.78, 5) is 0. The van der Waals surface area contributed by atoms with Gasteiger partial charge in [0.15, 0.2) is 0 Å². The highest BCUT2D eigenvalue weighted by molar-refractivity contribution is 5.26. The van der Waals surface area contributed by atoms with E-state index in [1.54, 1.807) is 0 Å². The molecule has 3 atom stereocenters. The summed E-state index contributed by atoms with van der Waals surface area (Å²) in [5.74, 6) is 2.21. The lowest BCUT2D eigenvalue weighted by atomic mass is 10.0. The van der Waals surface area contributed by atoms with Crippen molar-refractivity contribution >= 4 is 0 Å². The van der Waals surface area contributed by atoms with E-state index < -0.39 is 0 Å². The van der Waals surface area contributed by atoms with Gasteiger partial charge in [-0.2, -0.15) is 0 Å². The van der Waals surface area contributed by atoms with E-state index in [0.717, 1.165) is 17.4 Å².